The molecule has 0 heterocycles. The van der Waals surface area contributed by atoms with E-state index in [1.165, 1.54) is 0 Å². The van der Waals surface area contributed by atoms with Crippen LogP contribution in [-0.2, 0) is 28.9 Å². The SMILES string of the molecule is O=C(O)CC(O)(CC(=O)O)C(=O)O.O=C(O)CCCC(CO[N+](=O)[O-])O[N+](=O)[O-]. The van der Waals surface area contributed by atoms with Crippen molar-refractivity contribution in [1.29, 1.82) is 0 Å². The Hall–Kier alpha value is -3.76. The molecule has 0 aromatic rings. The molecule has 0 spiro atoms. The third-order valence-corrected chi connectivity index (χ3v) is 2.80. The lowest BCUT2D eigenvalue weighted by Crippen LogP contribution is -2.42. The molecule has 0 aliphatic rings. The van der Waals surface area contributed by atoms with E-state index in [1.54, 1.807) is 0 Å². The van der Waals surface area contributed by atoms with Crippen LogP contribution in [0.15, 0.2) is 0 Å². The van der Waals surface area contributed by atoms with Gasteiger partial charge in [0.15, 0.2) is 5.60 Å². The maximum atomic E-state index is 10.3. The average molecular weight is 430 g/mol. The minimum absolute atomic E-state index is 0.0128. The highest BCUT2D eigenvalue weighted by molar-refractivity contribution is 5.88. The van der Waals surface area contributed by atoms with E-state index in [2.05, 4.69) is 9.68 Å². The molecule has 5 N–H and O–H groups in total. The van der Waals surface area contributed by atoms with Crippen molar-refractivity contribution in [3.63, 3.8) is 0 Å². The fourth-order valence-electron chi connectivity index (χ4n) is 1.63. The Morgan fingerprint density at radius 2 is 1.38 bits per heavy atom. The Bertz CT molecular complexity index is 602. The van der Waals surface area contributed by atoms with Crippen LogP contribution >= 0.6 is 0 Å². The Kier molecular flexibility index (Phi) is 12.7. The highest BCUT2D eigenvalue weighted by atomic mass is 17.0. The zero-order chi connectivity index (χ0) is 23.2. The topological polar surface area (TPSA) is 274 Å². The first-order valence-electron chi connectivity index (χ1n) is 7.39. The second-order valence-corrected chi connectivity index (χ2v) is 5.23. The number of carboxylic acid groups (broad SMARTS) is 4. The Morgan fingerprint density at radius 3 is 1.69 bits per heavy atom. The summed E-state index contributed by atoms with van der Waals surface area (Å²) in [6.07, 6.45) is -3.53. The van der Waals surface area contributed by atoms with Crippen LogP contribution in [0.1, 0.15) is 32.1 Å². The molecule has 166 valence electrons. The van der Waals surface area contributed by atoms with Gasteiger partial charge in [0, 0.05) is 6.42 Å². The van der Waals surface area contributed by atoms with Crippen LogP contribution in [-0.4, -0.2) is 77.9 Å². The predicted molar refractivity (Wildman–Crippen MR) is 83.4 cm³/mol. The molecule has 0 aromatic carbocycles. The van der Waals surface area contributed by atoms with Gasteiger partial charge in [-0.2, -0.15) is 0 Å². The number of hydrogen-bond donors (Lipinski definition) is 5. The maximum absolute atomic E-state index is 10.3. The van der Waals surface area contributed by atoms with E-state index in [1.807, 2.05) is 0 Å². The first-order chi connectivity index (χ1) is 13.2. The molecule has 0 radical (unpaired) electrons. The smallest absolute Gasteiger partial charge is 0.336 e. The molecule has 0 aliphatic carbocycles. The molecule has 0 amide bonds. The highest BCUT2D eigenvalue weighted by Gasteiger charge is 2.40. The Labute approximate surface area is 160 Å². The lowest BCUT2D eigenvalue weighted by atomic mass is 9.96. The van der Waals surface area contributed by atoms with Crippen LogP contribution in [0.5, 0.6) is 0 Å². The summed E-state index contributed by atoms with van der Waals surface area (Å²) >= 11 is 0. The summed E-state index contributed by atoms with van der Waals surface area (Å²) in [5, 5.41) is 59.7. The molecule has 0 aromatic heterocycles. The molecular formula is C12H18N2O15. The number of aliphatic hydroxyl groups is 1. The standard InChI is InChI=1S/C6H10N2O8.C6H8O7/c9-6(10)3-1-2-5(16-8(13)14)4-15-7(11)12;7-3(8)1-6(13,5(11)12)2-4(9)10/h5H,1-4H2,(H,9,10);13H,1-2H2,(H,7,8)(H,9,10)(H,11,12). The van der Waals surface area contributed by atoms with Gasteiger partial charge in [0.1, 0.15) is 12.7 Å². The van der Waals surface area contributed by atoms with Gasteiger partial charge in [0.05, 0.1) is 12.8 Å². The molecule has 0 bridgehead atoms. The van der Waals surface area contributed by atoms with E-state index >= 15 is 0 Å². The molecule has 0 saturated heterocycles. The number of aliphatic carboxylic acids is 4. The minimum Gasteiger partial charge on any atom is -0.481 e. The summed E-state index contributed by atoms with van der Waals surface area (Å²) in [6, 6.07) is 0. The van der Waals surface area contributed by atoms with Crippen LogP contribution in [0.3, 0.4) is 0 Å². The molecular weight excluding hydrogens is 412 g/mol. The van der Waals surface area contributed by atoms with Crippen LogP contribution in [0.25, 0.3) is 0 Å². The van der Waals surface area contributed by atoms with Gasteiger partial charge in [-0.25, -0.2) is 4.79 Å². The molecule has 29 heavy (non-hydrogen) atoms. The van der Waals surface area contributed by atoms with Gasteiger partial charge in [0.2, 0.25) is 0 Å². The third kappa shape index (κ3) is 16.2. The number of carbonyl (C=O) groups is 4. The largest absolute Gasteiger partial charge is 0.481 e. The van der Waals surface area contributed by atoms with Crippen molar-refractivity contribution < 1.29 is 64.6 Å². The van der Waals surface area contributed by atoms with Crippen molar-refractivity contribution in [2.75, 3.05) is 6.61 Å². The summed E-state index contributed by atoms with van der Waals surface area (Å²) in [5.74, 6) is -6.08. The van der Waals surface area contributed by atoms with Gasteiger partial charge in [-0.3, -0.25) is 14.4 Å². The Morgan fingerprint density at radius 1 is 0.897 bits per heavy atom. The van der Waals surface area contributed by atoms with Crippen LogP contribution in [0.2, 0.25) is 0 Å². The number of nitrogens with zero attached hydrogens (tertiary/aromatic N) is 2. The van der Waals surface area contributed by atoms with Gasteiger partial charge < -0.3 is 35.2 Å². The monoisotopic (exact) mass is 430 g/mol. The summed E-state index contributed by atoms with van der Waals surface area (Å²) in [4.78, 5) is 68.5. The molecule has 1 unspecified atom stereocenters. The summed E-state index contributed by atoms with van der Waals surface area (Å²) in [5.41, 5.74) is -2.74. The zero-order valence-electron chi connectivity index (χ0n) is 14.5. The zero-order valence-corrected chi connectivity index (χ0v) is 14.5. The fraction of sp³-hybridized carbons (Fsp3) is 0.667. The summed E-state index contributed by atoms with van der Waals surface area (Å²) in [7, 11) is 0. The van der Waals surface area contributed by atoms with E-state index in [-0.39, 0.29) is 19.3 Å². The van der Waals surface area contributed by atoms with Crippen molar-refractivity contribution in [1.82, 2.24) is 0 Å². The van der Waals surface area contributed by atoms with Crippen molar-refractivity contribution >= 4 is 23.9 Å². The van der Waals surface area contributed by atoms with Crippen molar-refractivity contribution in [2.45, 2.75) is 43.8 Å². The molecule has 1 atom stereocenters. The van der Waals surface area contributed by atoms with Gasteiger partial charge >= 0.3 is 23.9 Å². The van der Waals surface area contributed by atoms with E-state index in [0.717, 1.165) is 0 Å². The van der Waals surface area contributed by atoms with Gasteiger partial charge in [-0.15, -0.1) is 20.2 Å². The first kappa shape index (κ1) is 27.5. The molecule has 0 aliphatic heterocycles. The minimum atomic E-state index is -2.74. The number of carboxylic acids is 4. The first-order valence-corrected chi connectivity index (χ1v) is 7.39. The number of rotatable bonds is 14. The summed E-state index contributed by atoms with van der Waals surface area (Å²) < 4.78 is 0. The lowest BCUT2D eigenvalue weighted by Gasteiger charge is -2.18. The molecule has 0 rings (SSSR count). The van der Waals surface area contributed by atoms with Gasteiger partial charge in [0.25, 0.3) is 10.2 Å². The molecule has 17 heteroatoms. The molecule has 17 nitrogen and oxygen atoms in total. The van der Waals surface area contributed by atoms with Gasteiger partial charge in [-0.05, 0) is 12.8 Å². The second kappa shape index (κ2) is 13.4. The van der Waals surface area contributed by atoms with E-state index < -0.39 is 65.2 Å². The van der Waals surface area contributed by atoms with E-state index in [9.17, 15) is 39.4 Å². The van der Waals surface area contributed by atoms with Crippen LogP contribution in [0.4, 0.5) is 0 Å². The number of hydrogen-bond acceptors (Lipinski definition) is 11. The lowest BCUT2D eigenvalue weighted by molar-refractivity contribution is -0.790. The highest BCUT2D eigenvalue weighted by Crippen LogP contribution is 2.15. The van der Waals surface area contributed by atoms with Crippen molar-refractivity contribution in [3.8, 4) is 0 Å². The van der Waals surface area contributed by atoms with Gasteiger partial charge in [-0.1, -0.05) is 0 Å². The van der Waals surface area contributed by atoms with E-state index in [0.29, 0.717) is 0 Å². The second-order valence-electron chi connectivity index (χ2n) is 5.23. The van der Waals surface area contributed by atoms with Crippen molar-refractivity contribution in [2.24, 2.45) is 0 Å². The average Bonchev–Trinajstić information content (AvgIpc) is 2.50. The predicted octanol–water partition coefficient (Wildman–Crippen LogP) is -1.22. The van der Waals surface area contributed by atoms with Crippen LogP contribution in [0, 0.1) is 20.2 Å². The Balaban J connectivity index is 0. The molecule has 0 fully saturated rings. The van der Waals surface area contributed by atoms with Crippen molar-refractivity contribution in [3.05, 3.63) is 20.2 Å². The fourth-order valence-corrected chi connectivity index (χ4v) is 1.63. The normalized spacial score (nSPS) is 11.2. The summed E-state index contributed by atoms with van der Waals surface area (Å²) in [6.45, 7) is -0.604. The maximum Gasteiger partial charge on any atom is 0.336 e. The third-order valence-electron chi connectivity index (χ3n) is 2.80. The molecule has 0 saturated carbocycles. The van der Waals surface area contributed by atoms with Crippen LogP contribution < -0.4 is 0 Å². The van der Waals surface area contributed by atoms with E-state index in [4.69, 9.17) is 25.5 Å². The quantitative estimate of drug-likeness (QED) is 0.159.